The zero-order valence-corrected chi connectivity index (χ0v) is 10.4. The van der Waals surface area contributed by atoms with Gasteiger partial charge in [-0.25, -0.2) is 0 Å². The fourth-order valence-electron chi connectivity index (χ4n) is 1.51. The zero-order chi connectivity index (χ0) is 12.1. The molecule has 4 nitrogen and oxygen atoms in total. The number of hydrogen-bond acceptors (Lipinski definition) is 4. The molecule has 0 aromatic heterocycles. The monoisotopic (exact) mass is 252 g/mol. The Morgan fingerprint density at radius 1 is 1.29 bits per heavy atom. The number of thioether (sulfide) groups is 1. The molecule has 0 aliphatic carbocycles. The second-order valence-corrected chi connectivity index (χ2v) is 4.95. The van der Waals surface area contributed by atoms with Gasteiger partial charge in [-0.15, -0.1) is 11.8 Å². The van der Waals surface area contributed by atoms with E-state index in [1.54, 1.807) is 11.8 Å². The van der Waals surface area contributed by atoms with Crippen molar-refractivity contribution in [3.8, 4) is 11.5 Å². The summed E-state index contributed by atoms with van der Waals surface area (Å²) in [5.74, 6) is 2.68. The van der Waals surface area contributed by atoms with Crippen LogP contribution in [0, 0.1) is 5.41 Å². The minimum absolute atomic E-state index is 0.229. The van der Waals surface area contributed by atoms with Gasteiger partial charge in [0.1, 0.15) is 0 Å². The van der Waals surface area contributed by atoms with Crippen molar-refractivity contribution in [2.24, 2.45) is 5.73 Å². The second kappa shape index (κ2) is 5.82. The molecule has 0 atom stereocenters. The van der Waals surface area contributed by atoms with Crippen LogP contribution >= 0.6 is 11.8 Å². The smallest absolute Gasteiger partial charge is 0.162 e. The van der Waals surface area contributed by atoms with E-state index in [2.05, 4.69) is 0 Å². The maximum Gasteiger partial charge on any atom is 0.162 e. The predicted molar refractivity (Wildman–Crippen MR) is 69.3 cm³/mol. The molecule has 0 saturated carbocycles. The van der Waals surface area contributed by atoms with Crippen molar-refractivity contribution in [3.63, 3.8) is 0 Å². The summed E-state index contributed by atoms with van der Waals surface area (Å²) in [6.07, 6.45) is 1.53. The Labute approximate surface area is 105 Å². The minimum Gasteiger partial charge on any atom is -0.490 e. The fraction of sp³-hybridized carbons (Fsp3) is 0.417. The lowest BCUT2D eigenvalue weighted by atomic mass is 10.3. The predicted octanol–water partition coefficient (Wildman–Crippen LogP) is 2.27. The molecular formula is C12H16N2O2S. The van der Waals surface area contributed by atoms with Crippen LogP contribution in [-0.2, 0) is 0 Å². The van der Waals surface area contributed by atoms with Crippen LogP contribution in [0.1, 0.15) is 12.8 Å². The summed E-state index contributed by atoms with van der Waals surface area (Å²) in [5, 5.41) is 7.16. The lowest BCUT2D eigenvalue weighted by Gasteiger charge is -2.08. The largest absolute Gasteiger partial charge is 0.490 e. The average Bonchev–Trinajstić information content (AvgIpc) is 2.53. The van der Waals surface area contributed by atoms with E-state index in [-0.39, 0.29) is 5.84 Å². The molecule has 92 valence electrons. The summed E-state index contributed by atoms with van der Waals surface area (Å²) in [5.41, 5.74) is 5.31. The van der Waals surface area contributed by atoms with E-state index in [0.717, 1.165) is 28.6 Å². The molecule has 1 aromatic carbocycles. The van der Waals surface area contributed by atoms with Gasteiger partial charge in [-0.2, -0.15) is 0 Å². The highest BCUT2D eigenvalue weighted by atomic mass is 32.2. The van der Waals surface area contributed by atoms with Crippen LogP contribution in [0.5, 0.6) is 11.5 Å². The number of ether oxygens (including phenoxy) is 2. The van der Waals surface area contributed by atoms with Gasteiger partial charge in [-0.1, -0.05) is 0 Å². The molecule has 0 amide bonds. The third kappa shape index (κ3) is 3.56. The van der Waals surface area contributed by atoms with Gasteiger partial charge in [0.15, 0.2) is 11.5 Å². The molecule has 0 spiro atoms. The van der Waals surface area contributed by atoms with Gasteiger partial charge in [-0.05, 0) is 18.2 Å². The van der Waals surface area contributed by atoms with E-state index >= 15 is 0 Å². The highest BCUT2D eigenvalue weighted by Crippen LogP contribution is 2.33. The molecule has 0 fully saturated rings. The molecule has 3 N–H and O–H groups in total. The third-order valence-electron chi connectivity index (χ3n) is 2.36. The van der Waals surface area contributed by atoms with Crippen LogP contribution in [0.25, 0.3) is 0 Å². The molecule has 0 unspecified atom stereocenters. The van der Waals surface area contributed by atoms with Crippen molar-refractivity contribution in [3.05, 3.63) is 18.2 Å². The number of benzene rings is 1. The van der Waals surface area contributed by atoms with Gasteiger partial charge in [0, 0.05) is 23.5 Å². The van der Waals surface area contributed by atoms with E-state index in [4.69, 9.17) is 20.6 Å². The molecule has 0 bridgehead atoms. The Morgan fingerprint density at radius 3 is 2.82 bits per heavy atom. The van der Waals surface area contributed by atoms with Crippen molar-refractivity contribution < 1.29 is 9.47 Å². The molecule has 1 aromatic rings. The first kappa shape index (κ1) is 12.1. The Hall–Kier alpha value is -1.36. The Morgan fingerprint density at radius 2 is 2.06 bits per heavy atom. The molecule has 17 heavy (non-hydrogen) atoms. The average molecular weight is 252 g/mol. The standard InChI is InChI=1S/C12H16N2O2S/c13-12(14)4-7-17-9-2-3-10-11(8-9)16-6-1-5-15-10/h2-3,8H,1,4-7H2,(H3,13,14). The van der Waals surface area contributed by atoms with Crippen molar-refractivity contribution in [2.75, 3.05) is 19.0 Å². The highest BCUT2D eigenvalue weighted by molar-refractivity contribution is 7.99. The van der Waals surface area contributed by atoms with Crippen LogP contribution in [0.4, 0.5) is 0 Å². The first-order chi connectivity index (χ1) is 8.25. The molecule has 1 heterocycles. The summed E-state index contributed by atoms with van der Waals surface area (Å²) in [6.45, 7) is 1.42. The van der Waals surface area contributed by atoms with E-state index in [9.17, 15) is 0 Å². The normalized spacial score (nSPS) is 14.1. The van der Waals surface area contributed by atoms with Gasteiger partial charge < -0.3 is 15.2 Å². The third-order valence-corrected chi connectivity index (χ3v) is 3.35. The summed E-state index contributed by atoms with van der Waals surface area (Å²) >= 11 is 1.67. The van der Waals surface area contributed by atoms with Crippen LogP contribution in [0.2, 0.25) is 0 Å². The zero-order valence-electron chi connectivity index (χ0n) is 9.57. The quantitative estimate of drug-likeness (QED) is 0.490. The first-order valence-electron chi connectivity index (χ1n) is 5.61. The number of amidine groups is 1. The van der Waals surface area contributed by atoms with E-state index < -0.39 is 0 Å². The van der Waals surface area contributed by atoms with Crippen molar-refractivity contribution in [1.29, 1.82) is 5.41 Å². The summed E-state index contributed by atoms with van der Waals surface area (Å²) in [4.78, 5) is 1.12. The lowest BCUT2D eigenvalue weighted by Crippen LogP contribution is -2.09. The molecular weight excluding hydrogens is 236 g/mol. The lowest BCUT2D eigenvalue weighted by molar-refractivity contribution is 0.297. The van der Waals surface area contributed by atoms with Crippen molar-refractivity contribution in [1.82, 2.24) is 0 Å². The molecule has 1 aliphatic heterocycles. The number of nitrogens with one attached hydrogen (secondary N) is 1. The fourth-order valence-corrected chi connectivity index (χ4v) is 2.42. The van der Waals surface area contributed by atoms with E-state index in [1.165, 1.54) is 0 Å². The Kier molecular flexibility index (Phi) is 4.14. The van der Waals surface area contributed by atoms with Gasteiger partial charge in [0.25, 0.3) is 0 Å². The number of rotatable bonds is 4. The maximum absolute atomic E-state index is 7.16. The molecule has 2 rings (SSSR count). The summed E-state index contributed by atoms with van der Waals surface area (Å²) in [6, 6.07) is 5.94. The first-order valence-corrected chi connectivity index (χ1v) is 6.59. The van der Waals surface area contributed by atoms with Gasteiger partial charge in [0.2, 0.25) is 0 Å². The molecule has 1 aliphatic rings. The van der Waals surface area contributed by atoms with Gasteiger partial charge >= 0.3 is 0 Å². The Bertz CT molecular complexity index is 409. The Balaban J connectivity index is 1.99. The van der Waals surface area contributed by atoms with E-state index in [0.29, 0.717) is 19.6 Å². The topological polar surface area (TPSA) is 68.3 Å². The molecule has 0 saturated heterocycles. The van der Waals surface area contributed by atoms with E-state index in [1.807, 2.05) is 18.2 Å². The summed E-state index contributed by atoms with van der Waals surface area (Å²) < 4.78 is 11.2. The van der Waals surface area contributed by atoms with Gasteiger partial charge in [-0.3, -0.25) is 5.41 Å². The molecule has 0 radical (unpaired) electrons. The van der Waals surface area contributed by atoms with Crippen LogP contribution in [0.15, 0.2) is 23.1 Å². The second-order valence-electron chi connectivity index (χ2n) is 3.78. The van der Waals surface area contributed by atoms with Crippen LogP contribution in [0.3, 0.4) is 0 Å². The SMILES string of the molecule is N=C(N)CCSc1ccc2c(c1)OCCCO2. The molecule has 5 heteroatoms. The van der Waals surface area contributed by atoms with Crippen molar-refractivity contribution >= 4 is 17.6 Å². The van der Waals surface area contributed by atoms with Crippen LogP contribution < -0.4 is 15.2 Å². The number of nitrogens with two attached hydrogens (primary N) is 1. The highest BCUT2D eigenvalue weighted by Gasteiger charge is 2.10. The van der Waals surface area contributed by atoms with Crippen molar-refractivity contribution in [2.45, 2.75) is 17.7 Å². The summed E-state index contributed by atoms with van der Waals surface area (Å²) in [7, 11) is 0. The minimum atomic E-state index is 0.229. The maximum atomic E-state index is 7.16. The van der Waals surface area contributed by atoms with Crippen LogP contribution in [-0.4, -0.2) is 24.8 Å². The number of hydrogen-bond donors (Lipinski definition) is 2. The number of fused-ring (bicyclic) bond motifs is 1. The van der Waals surface area contributed by atoms with Gasteiger partial charge in [0.05, 0.1) is 19.0 Å².